The van der Waals surface area contributed by atoms with Crippen molar-refractivity contribution in [2.24, 2.45) is 0 Å². The molecule has 0 saturated carbocycles. The number of benzene rings is 3. The van der Waals surface area contributed by atoms with E-state index >= 15 is 0 Å². The normalized spacial score (nSPS) is 14.8. The van der Waals surface area contributed by atoms with Crippen molar-refractivity contribution in [3.05, 3.63) is 82.9 Å². The second-order valence-electron chi connectivity index (χ2n) is 7.63. The van der Waals surface area contributed by atoms with Gasteiger partial charge in [-0.05, 0) is 59.0 Å². The molecule has 3 aromatic rings. The molecular formula is C25H26ClNO3. The Morgan fingerprint density at radius 2 is 1.77 bits per heavy atom. The molecule has 1 aliphatic rings. The van der Waals surface area contributed by atoms with Crippen LogP contribution >= 0.6 is 11.6 Å². The zero-order valence-electron chi connectivity index (χ0n) is 17.1. The van der Waals surface area contributed by atoms with Gasteiger partial charge in [-0.25, -0.2) is 0 Å². The molecule has 0 aliphatic carbocycles. The zero-order valence-corrected chi connectivity index (χ0v) is 17.8. The maximum absolute atomic E-state index is 10.5. The van der Waals surface area contributed by atoms with Gasteiger partial charge in [0.25, 0.3) is 0 Å². The smallest absolute Gasteiger partial charge is 0.120 e. The van der Waals surface area contributed by atoms with Crippen LogP contribution in [0.25, 0.3) is 11.1 Å². The molecule has 1 N–H and O–H groups in total. The Kier molecular flexibility index (Phi) is 6.58. The first kappa shape index (κ1) is 20.7. The Bertz CT molecular complexity index is 1010. The van der Waals surface area contributed by atoms with Crippen LogP contribution in [-0.2, 0) is 13.0 Å². The quantitative estimate of drug-likeness (QED) is 0.592. The molecule has 0 fully saturated rings. The van der Waals surface area contributed by atoms with Crippen molar-refractivity contribution in [1.82, 2.24) is 4.90 Å². The minimum atomic E-state index is -0.551. The molecule has 1 aliphatic heterocycles. The second kappa shape index (κ2) is 9.52. The number of ether oxygens (including phenoxy) is 2. The van der Waals surface area contributed by atoms with Gasteiger partial charge in [-0.3, -0.25) is 4.90 Å². The second-order valence-corrected chi connectivity index (χ2v) is 8.06. The molecule has 1 unspecified atom stereocenters. The number of hydrogen-bond acceptors (Lipinski definition) is 4. The van der Waals surface area contributed by atoms with Crippen LogP contribution in [0.4, 0.5) is 0 Å². The summed E-state index contributed by atoms with van der Waals surface area (Å²) in [5.41, 5.74) is 4.70. The molecule has 4 nitrogen and oxygen atoms in total. The third-order valence-electron chi connectivity index (χ3n) is 5.40. The van der Waals surface area contributed by atoms with Crippen molar-refractivity contribution in [1.29, 1.82) is 0 Å². The summed E-state index contributed by atoms with van der Waals surface area (Å²) >= 11 is 6.20. The van der Waals surface area contributed by atoms with E-state index in [9.17, 15) is 5.11 Å². The molecule has 0 spiro atoms. The van der Waals surface area contributed by atoms with Crippen LogP contribution in [0.5, 0.6) is 11.5 Å². The van der Waals surface area contributed by atoms with Crippen LogP contribution in [-0.4, -0.2) is 42.9 Å². The molecule has 3 aromatic carbocycles. The fourth-order valence-electron chi connectivity index (χ4n) is 3.87. The number of methoxy groups -OCH3 is 1. The first-order valence-electron chi connectivity index (χ1n) is 10.2. The van der Waals surface area contributed by atoms with Gasteiger partial charge >= 0.3 is 0 Å². The van der Waals surface area contributed by atoms with Gasteiger partial charge in [0, 0.05) is 24.7 Å². The molecule has 4 rings (SSSR count). The summed E-state index contributed by atoms with van der Waals surface area (Å²) in [4.78, 5) is 2.28. The van der Waals surface area contributed by atoms with Crippen LogP contribution in [0.1, 0.15) is 11.1 Å². The Morgan fingerprint density at radius 3 is 2.60 bits per heavy atom. The predicted molar refractivity (Wildman–Crippen MR) is 120 cm³/mol. The Balaban J connectivity index is 1.35. The highest BCUT2D eigenvalue weighted by Gasteiger charge is 2.18. The number of β-amino-alcohol motifs (C(OH)–C–C–N with tert-alkyl or cyclic N) is 1. The third-order valence-corrected chi connectivity index (χ3v) is 5.61. The number of fused-ring (bicyclic) bond motifs is 1. The highest BCUT2D eigenvalue weighted by Crippen LogP contribution is 2.30. The van der Waals surface area contributed by atoms with Crippen LogP contribution in [0.3, 0.4) is 0 Å². The number of aliphatic hydroxyl groups is 1. The van der Waals surface area contributed by atoms with Crippen molar-refractivity contribution in [2.45, 2.75) is 19.1 Å². The fourth-order valence-corrected chi connectivity index (χ4v) is 4.09. The summed E-state index contributed by atoms with van der Waals surface area (Å²) in [6.07, 6.45) is 0.472. The number of hydrogen-bond donors (Lipinski definition) is 1. The van der Waals surface area contributed by atoms with Crippen LogP contribution in [0, 0.1) is 0 Å². The number of nitrogens with zero attached hydrogens (tertiary/aromatic N) is 1. The molecule has 0 bridgehead atoms. The van der Waals surface area contributed by atoms with Gasteiger partial charge < -0.3 is 14.6 Å². The van der Waals surface area contributed by atoms with E-state index in [1.807, 2.05) is 36.4 Å². The van der Waals surface area contributed by atoms with Gasteiger partial charge in [0.1, 0.15) is 24.2 Å². The highest BCUT2D eigenvalue weighted by molar-refractivity contribution is 6.31. The van der Waals surface area contributed by atoms with Gasteiger partial charge in [-0.1, -0.05) is 48.0 Å². The number of aliphatic hydroxyl groups excluding tert-OH is 1. The largest absolute Gasteiger partial charge is 0.497 e. The fraction of sp³-hybridized carbons (Fsp3) is 0.280. The lowest BCUT2D eigenvalue weighted by molar-refractivity contribution is 0.0638. The monoisotopic (exact) mass is 423 g/mol. The summed E-state index contributed by atoms with van der Waals surface area (Å²) in [5.74, 6) is 1.43. The van der Waals surface area contributed by atoms with Crippen LogP contribution in [0.2, 0.25) is 5.02 Å². The minimum Gasteiger partial charge on any atom is -0.497 e. The summed E-state index contributed by atoms with van der Waals surface area (Å²) in [5, 5.41) is 11.1. The number of rotatable bonds is 7. The highest BCUT2D eigenvalue weighted by atomic mass is 35.5. The van der Waals surface area contributed by atoms with E-state index in [0.29, 0.717) is 17.3 Å². The minimum absolute atomic E-state index is 0.250. The summed E-state index contributed by atoms with van der Waals surface area (Å²) < 4.78 is 11.2. The SMILES string of the molecule is COc1cc(Cl)cc(-c2cccc(OCC(O)CN3CCc4ccccc4C3)c2)c1. The van der Waals surface area contributed by atoms with Gasteiger partial charge in [0.15, 0.2) is 0 Å². The third kappa shape index (κ3) is 5.14. The number of halogens is 1. The van der Waals surface area contributed by atoms with E-state index in [2.05, 4.69) is 29.2 Å². The first-order valence-corrected chi connectivity index (χ1v) is 10.5. The molecule has 1 heterocycles. The molecule has 0 saturated heterocycles. The van der Waals surface area contributed by atoms with E-state index < -0.39 is 6.10 Å². The lowest BCUT2D eigenvalue weighted by atomic mass is 10.00. The molecule has 5 heteroatoms. The molecule has 1 atom stereocenters. The summed E-state index contributed by atoms with van der Waals surface area (Å²) in [6, 6.07) is 21.9. The van der Waals surface area contributed by atoms with Crippen molar-refractivity contribution in [2.75, 3.05) is 26.8 Å². The van der Waals surface area contributed by atoms with E-state index in [-0.39, 0.29) is 6.61 Å². The zero-order chi connectivity index (χ0) is 20.9. The lowest BCUT2D eigenvalue weighted by Gasteiger charge is -2.30. The molecule has 0 radical (unpaired) electrons. The average molecular weight is 424 g/mol. The summed E-state index contributed by atoms with van der Waals surface area (Å²) in [6.45, 7) is 2.68. The molecule has 0 aromatic heterocycles. The molecular weight excluding hydrogens is 398 g/mol. The van der Waals surface area contributed by atoms with Gasteiger partial charge in [0.05, 0.1) is 7.11 Å². The average Bonchev–Trinajstić information content (AvgIpc) is 2.77. The van der Waals surface area contributed by atoms with E-state index in [1.165, 1.54) is 11.1 Å². The maximum atomic E-state index is 10.5. The topological polar surface area (TPSA) is 41.9 Å². The standard InChI is InChI=1S/C25H26ClNO3/c1-29-25-13-21(11-22(26)14-25)19-7-4-8-24(12-19)30-17-23(28)16-27-10-9-18-5-2-3-6-20(18)15-27/h2-8,11-14,23,28H,9-10,15-17H2,1H3. The molecule has 156 valence electrons. The lowest BCUT2D eigenvalue weighted by Crippen LogP contribution is -2.38. The van der Waals surface area contributed by atoms with Crippen molar-refractivity contribution >= 4 is 11.6 Å². The Morgan fingerprint density at radius 1 is 0.967 bits per heavy atom. The summed E-state index contributed by atoms with van der Waals surface area (Å²) in [7, 11) is 1.62. The van der Waals surface area contributed by atoms with Gasteiger partial charge in [-0.15, -0.1) is 0 Å². The molecule has 30 heavy (non-hydrogen) atoms. The van der Waals surface area contributed by atoms with E-state index in [4.69, 9.17) is 21.1 Å². The van der Waals surface area contributed by atoms with Crippen molar-refractivity contribution < 1.29 is 14.6 Å². The maximum Gasteiger partial charge on any atom is 0.120 e. The molecule has 0 amide bonds. The first-order chi connectivity index (χ1) is 14.6. The Labute approximate surface area is 182 Å². The van der Waals surface area contributed by atoms with Gasteiger partial charge in [-0.2, -0.15) is 0 Å². The van der Waals surface area contributed by atoms with E-state index in [0.717, 1.165) is 36.4 Å². The Hall–Kier alpha value is -2.53. The van der Waals surface area contributed by atoms with Crippen LogP contribution < -0.4 is 9.47 Å². The van der Waals surface area contributed by atoms with Crippen molar-refractivity contribution in [3.63, 3.8) is 0 Å². The van der Waals surface area contributed by atoms with Crippen molar-refractivity contribution in [3.8, 4) is 22.6 Å². The van der Waals surface area contributed by atoms with Gasteiger partial charge in [0.2, 0.25) is 0 Å². The van der Waals surface area contributed by atoms with Crippen LogP contribution in [0.15, 0.2) is 66.7 Å². The van der Waals surface area contributed by atoms with E-state index in [1.54, 1.807) is 13.2 Å². The predicted octanol–water partition coefficient (Wildman–Crippen LogP) is 4.81.